The second kappa shape index (κ2) is 9.00. The molecule has 4 aliphatic heterocycles. The minimum atomic E-state index is -0.787. The van der Waals surface area contributed by atoms with Gasteiger partial charge in [-0.25, -0.2) is 4.79 Å². The molecule has 0 bridgehead atoms. The van der Waals surface area contributed by atoms with E-state index in [4.69, 9.17) is 23.7 Å². The molecule has 4 heterocycles. The number of benzene rings is 1. The quantitative estimate of drug-likeness (QED) is 0.347. The summed E-state index contributed by atoms with van der Waals surface area (Å²) in [6, 6.07) is 4.04. The lowest BCUT2D eigenvalue weighted by atomic mass is 9.67. The van der Waals surface area contributed by atoms with Crippen LogP contribution in [0.15, 0.2) is 28.4 Å². The standard InChI is InChI=1S/C25H33BrN2O6/c1-5-15-13-28-9-8-24-21-19(7-6-18(26)22(21)31-3)27-25(24,34-11-10-33-24)20(28)12-16(15)17(14-30-2)23(29)32-4/h6-7,14-16,20,27H,5,8-13H2,1-4H3/b17-14+/t15-,16+,20+,24+,25+/m1/s1. The molecule has 1 N–H and O–H groups in total. The number of carbonyl (C=O) groups excluding carboxylic acids is 1. The highest BCUT2D eigenvalue weighted by molar-refractivity contribution is 9.10. The molecule has 0 saturated carbocycles. The van der Waals surface area contributed by atoms with Crippen molar-refractivity contribution in [3.8, 4) is 5.75 Å². The monoisotopic (exact) mass is 536 g/mol. The van der Waals surface area contributed by atoms with Crippen LogP contribution >= 0.6 is 15.9 Å². The second-order valence-corrected chi connectivity index (χ2v) is 10.3. The second-order valence-electron chi connectivity index (χ2n) is 9.46. The van der Waals surface area contributed by atoms with E-state index in [2.05, 4.69) is 39.1 Å². The first-order valence-electron chi connectivity index (χ1n) is 11.9. The van der Waals surface area contributed by atoms with E-state index in [-0.39, 0.29) is 17.9 Å². The van der Waals surface area contributed by atoms with Crippen molar-refractivity contribution in [2.45, 2.75) is 43.6 Å². The maximum atomic E-state index is 12.8. The highest BCUT2D eigenvalue weighted by Gasteiger charge is 2.70. The zero-order chi connectivity index (χ0) is 24.1. The van der Waals surface area contributed by atoms with E-state index in [1.54, 1.807) is 20.5 Å². The Morgan fingerprint density at radius 3 is 2.79 bits per heavy atom. The third-order valence-corrected chi connectivity index (χ3v) is 8.79. The van der Waals surface area contributed by atoms with E-state index in [1.165, 1.54) is 7.11 Å². The molecule has 1 aromatic rings. The van der Waals surface area contributed by atoms with Crippen LogP contribution in [0.5, 0.6) is 5.75 Å². The lowest BCUT2D eigenvalue weighted by molar-refractivity contribution is -0.297. The van der Waals surface area contributed by atoms with E-state index in [9.17, 15) is 4.79 Å². The molecule has 8 nitrogen and oxygen atoms in total. The molecule has 0 spiro atoms. The van der Waals surface area contributed by atoms with Gasteiger partial charge in [0.25, 0.3) is 0 Å². The SMILES string of the molecule is CC[C@@H]1CN2CC[C@@]34OCCO[C@@]3(Nc3ccc(Br)c(OC)c34)[C@@H]2C[C@@H]1/C(=C\OC)C(=O)OC. The summed E-state index contributed by atoms with van der Waals surface area (Å²) in [6.07, 6.45) is 4.02. The van der Waals surface area contributed by atoms with Crippen LogP contribution in [0.4, 0.5) is 5.69 Å². The zero-order valence-electron chi connectivity index (χ0n) is 20.2. The maximum Gasteiger partial charge on any atom is 0.337 e. The highest BCUT2D eigenvalue weighted by Crippen LogP contribution is 2.62. The fraction of sp³-hybridized carbons (Fsp3) is 0.640. The molecule has 3 fully saturated rings. The topological polar surface area (TPSA) is 78.5 Å². The summed E-state index contributed by atoms with van der Waals surface area (Å²) in [6.45, 7) is 4.93. The van der Waals surface area contributed by atoms with Crippen LogP contribution in [0.25, 0.3) is 0 Å². The number of ether oxygens (including phenoxy) is 5. The summed E-state index contributed by atoms with van der Waals surface area (Å²) >= 11 is 3.66. The summed E-state index contributed by atoms with van der Waals surface area (Å²) in [7, 11) is 4.68. The number of halogens is 1. The third kappa shape index (κ3) is 3.23. The zero-order valence-corrected chi connectivity index (χ0v) is 21.8. The van der Waals surface area contributed by atoms with Gasteiger partial charge in [0.1, 0.15) is 11.4 Å². The molecule has 5 atom stereocenters. The fourth-order valence-electron chi connectivity index (χ4n) is 6.77. The van der Waals surface area contributed by atoms with E-state index >= 15 is 0 Å². The molecule has 0 amide bonds. The van der Waals surface area contributed by atoms with Gasteiger partial charge in [-0.05, 0) is 52.7 Å². The number of piperidine rings is 2. The van der Waals surface area contributed by atoms with Crippen molar-refractivity contribution >= 4 is 27.6 Å². The molecule has 1 aromatic carbocycles. The Balaban J connectivity index is 1.61. The predicted octanol–water partition coefficient (Wildman–Crippen LogP) is 3.65. The molecular weight excluding hydrogens is 504 g/mol. The number of nitrogens with zero attached hydrogens (tertiary/aromatic N) is 1. The number of nitrogens with one attached hydrogen (secondary N) is 1. The summed E-state index contributed by atoms with van der Waals surface area (Å²) in [5.41, 5.74) is 1.09. The molecule has 9 heteroatoms. The van der Waals surface area contributed by atoms with Crippen molar-refractivity contribution in [2.75, 3.05) is 52.9 Å². The Kier molecular flexibility index (Phi) is 6.33. The summed E-state index contributed by atoms with van der Waals surface area (Å²) in [5.74, 6) is 0.720. The smallest absolute Gasteiger partial charge is 0.337 e. The minimum absolute atomic E-state index is 0.0184. The Morgan fingerprint density at radius 1 is 1.29 bits per heavy atom. The van der Waals surface area contributed by atoms with Crippen molar-refractivity contribution in [1.29, 1.82) is 0 Å². The summed E-state index contributed by atoms with van der Waals surface area (Å²) in [5, 5.41) is 3.75. The van der Waals surface area contributed by atoms with Crippen LogP contribution in [0, 0.1) is 11.8 Å². The number of anilines is 1. The average Bonchev–Trinajstić information content (AvgIpc) is 3.18. The Morgan fingerprint density at radius 2 is 2.09 bits per heavy atom. The normalized spacial score (nSPS) is 34.7. The molecule has 0 aromatic heterocycles. The Bertz CT molecular complexity index is 1000. The van der Waals surface area contributed by atoms with Gasteiger partial charge in [0, 0.05) is 18.8 Å². The number of fused-ring (bicyclic) bond motifs is 2. The van der Waals surface area contributed by atoms with Gasteiger partial charge in [-0.15, -0.1) is 0 Å². The number of rotatable bonds is 5. The van der Waals surface area contributed by atoms with Crippen LogP contribution < -0.4 is 10.1 Å². The van der Waals surface area contributed by atoms with Gasteiger partial charge in [-0.2, -0.15) is 0 Å². The first-order chi connectivity index (χ1) is 16.5. The van der Waals surface area contributed by atoms with Crippen LogP contribution in [-0.4, -0.2) is 70.3 Å². The largest absolute Gasteiger partial charge is 0.504 e. The minimum Gasteiger partial charge on any atom is -0.504 e. The van der Waals surface area contributed by atoms with Crippen molar-refractivity contribution in [1.82, 2.24) is 4.90 Å². The molecule has 0 unspecified atom stereocenters. The highest BCUT2D eigenvalue weighted by atomic mass is 79.9. The van der Waals surface area contributed by atoms with Crippen LogP contribution in [0.3, 0.4) is 0 Å². The van der Waals surface area contributed by atoms with Crippen LogP contribution in [0.1, 0.15) is 31.7 Å². The molecule has 5 rings (SSSR count). The van der Waals surface area contributed by atoms with Gasteiger partial charge < -0.3 is 29.0 Å². The van der Waals surface area contributed by atoms with Crippen LogP contribution in [0.2, 0.25) is 0 Å². The van der Waals surface area contributed by atoms with Gasteiger partial charge in [0.15, 0.2) is 5.72 Å². The van der Waals surface area contributed by atoms with E-state index in [1.807, 2.05) is 6.07 Å². The summed E-state index contributed by atoms with van der Waals surface area (Å²) < 4.78 is 30.6. The van der Waals surface area contributed by atoms with Crippen LogP contribution in [-0.2, 0) is 29.3 Å². The molecule has 3 saturated heterocycles. The molecule has 34 heavy (non-hydrogen) atoms. The summed E-state index contributed by atoms with van der Waals surface area (Å²) in [4.78, 5) is 15.3. The van der Waals surface area contributed by atoms with Gasteiger partial charge in [-0.1, -0.05) is 13.3 Å². The van der Waals surface area contributed by atoms with Crippen molar-refractivity contribution in [3.63, 3.8) is 0 Å². The molecule has 0 radical (unpaired) electrons. The van der Waals surface area contributed by atoms with Crippen molar-refractivity contribution < 1.29 is 28.5 Å². The van der Waals surface area contributed by atoms with Gasteiger partial charge in [0.05, 0.1) is 62.5 Å². The van der Waals surface area contributed by atoms with Gasteiger partial charge in [-0.3, -0.25) is 4.90 Å². The lowest BCUT2D eigenvalue weighted by Gasteiger charge is -2.61. The van der Waals surface area contributed by atoms with Gasteiger partial charge >= 0.3 is 5.97 Å². The number of hydrogen-bond acceptors (Lipinski definition) is 8. The molecule has 0 aliphatic carbocycles. The number of carbonyl (C=O) groups is 1. The number of hydrogen-bond donors (Lipinski definition) is 1. The van der Waals surface area contributed by atoms with Gasteiger partial charge in [0.2, 0.25) is 0 Å². The lowest BCUT2D eigenvalue weighted by Crippen LogP contribution is -2.75. The number of methoxy groups -OCH3 is 3. The first kappa shape index (κ1) is 23.9. The van der Waals surface area contributed by atoms with Crippen molar-refractivity contribution in [3.05, 3.63) is 34.0 Å². The maximum absolute atomic E-state index is 12.8. The van der Waals surface area contributed by atoms with Crippen molar-refractivity contribution in [2.24, 2.45) is 11.8 Å². The third-order valence-electron chi connectivity index (χ3n) is 8.17. The molecule has 4 aliphatic rings. The fourth-order valence-corrected chi connectivity index (χ4v) is 7.26. The van der Waals surface area contributed by atoms with E-state index in [0.717, 1.165) is 53.8 Å². The Hall–Kier alpha value is -1.81. The average molecular weight is 537 g/mol. The molecular formula is C25H33BrN2O6. The predicted molar refractivity (Wildman–Crippen MR) is 130 cm³/mol. The van der Waals surface area contributed by atoms with E-state index in [0.29, 0.717) is 24.7 Å². The Labute approximate surface area is 209 Å². The molecule has 186 valence electrons. The number of esters is 1. The first-order valence-corrected chi connectivity index (χ1v) is 12.7. The van der Waals surface area contributed by atoms with E-state index < -0.39 is 11.3 Å².